The van der Waals surface area contributed by atoms with E-state index in [9.17, 15) is 13.2 Å². The third-order valence-corrected chi connectivity index (χ3v) is 6.66. The fraction of sp³-hybridized carbons (Fsp3) is 0.421. The summed E-state index contributed by atoms with van der Waals surface area (Å²) >= 11 is 1.52. The number of anilines is 1. The lowest BCUT2D eigenvalue weighted by Crippen LogP contribution is -2.41. The first-order chi connectivity index (χ1) is 13.3. The Hall–Kier alpha value is -1.78. The summed E-state index contributed by atoms with van der Waals surface area (Å²) in [4.78, 5) is 15.3. The average Bonchev–Trinajstić information content (AvgIpc) is 3.28. The molecule has 1 aliphatic heterocycles. The standard InChI is InChI=1S/C19H23NO6S2/c1-13-4-6-16(7-5-13)28(22,23)26-11-17(21)20(10-18-24-8-9-25-18)19-14(2)12-27-15(19)3/h4-7,12,18H,8-11H2,1-3H3. The van der Waals surface area contributed by atoms with Gasteiger partial charge in [-0.05, 0) is 43.8 Å². The summed E-state index contributed by atoms with van der Waals surface area (Å²) in [7, 11) is -4.03. The maximum atomic E-state index is 12.9. The molecule has 3 rings (SSSR count). The highest BCUT2D eigenvalue weighted by Gasteiger charge is 2.28. The fourth-order valence-electron chi connectivity index (χ4n) is 2.93. The topological polar surface area (TPSA) is 82.1 Å². The zero-order valence-corrected chi connectivity index (χ0v) is 17.6. The van der Waals surface area contributed by atoms with Crippen molar-refractivity contribution in [1.29, 1.82) is 0 Å². The molecule has 1 fully saturated rings. The molecule has 1 aromatic heterocycles. The molecule has 7 nitrogen and oxygen atoms in total. The molecule has 1 aromatic carbocycles. The van der Waals surface area contributed by atoms with Crippen molar-refractivity contribution in [1.82, 2.24) is 0 Å². The van der Waals surface area contributed by atoms with E-state index in [2.05, 4.69) is 0 Å². The number of hydrogen-bond donors (Lipinski definition) is 0. The van der Waals surface area contributed by atoms with Crippen molar-refractivity contribution >= 4 is 33.0 Å². The molecule has 1 aliphatic rings. The largest absolute Gasteiger partial charge is 0.348 e. The highest BCUT2D eigenvalue weighted by molar-refractivity contribution is 7.86. The SMILES string of the molecule is Cc1ccc(S(=O)(=O)OCC(=O)N(CC2OCCO2)c2c(C)csc2C)cc1. The molecule has 0 N–H and O–H groups in total. The number of rotatable bonds is 7. The summed E-state index contributed by atoms with van der Waals surface area (Å²) in [6.45, 7) is 6.17. The molecule has 2 aromatic rings. The van der Waals surface area contributed by atoms with E-state index >= 15 is 0 Å². The minimum absolute atomic E-state index is 0.0165. The van der Waals surface area contributed by atoms with Gasteiger partial charge in [-0.1, -0.05) is 17.7 Å². The van der Waals surface area contributed by atoms with E-state index in [0.29, 0.717) is 13.2 Å². The summed E-state index contributed by atoms with van der Waals surface area (Å²) in [5.74, 6) is -0.473. The molecule has 152 valence electrons. The first kappa shape index (κ1) is 20.9. The molecule has 0 spiro atoms. The molecule has 0 radical (unpaired) electrons. The molecule has 0 unspecified atom stereocenters. The van der Waals surface area contributed by atoms with Gasteiger partial charge in [0, 0.05) is 4.88 Å². The summed E-state index contributed by atoms with van der Waals surface area (Å²) in [6.07, 6.45) is -0.545. The van der Waals surface area contributed by atoms with Crippen molar-refractivity contribution in [2.24, 2.45) is 0 Å². The lowest BCUT2D eigenvalue weighted by atomic mass is 10.2. The third-order valence-electron chi connectivity index (χ3n) is 4.36. The minimum Gasteiger partial charge on any atom is -0.348 e. The predicted molar refractivity (Wildman–Crippen MR) is 106 cm³/mol. The van der Waals surface area contributed by atoms with E-state index in [1.54, 1.807) is 12.1 Å². The van der Waals surface area contributed by atoms with Crippen LogP contribution >= 0.6 is 11.3 Å². The van der Waals surface area contributed by atoms with Crippen LogP contribution in [0.4, 0.5) is 5.69 Å². The number of carbonyl (C=O) groups is 1. The van der Waals surface area contributed by atoms with Gasteiger partial charge in [0.15, 0.2) is 6.29 Å². The van der Waals surface area contributed by atoms with Crippen LogP contribution in [-0.4, -0.2) is 47.0 Å². The molecule has 9 heteroatoms. The lowest BCUT2D eigenvalue weighted by molar-refractivity contribution is -0.122. The summed E-state index contributed by atoms with van der Waals surface area (Å²) in [5, 5.41) is 1.95. The van der Waals surface area contributed by atoms with Crippen molar-refractivity contribution in [2.45, 2.75) is 32.0 Å². The highest BCUT2D eigenvalue weighted by Crippen LogP contribution is 2.31. The van der Waals surface area contributed by atoms with Crippen LogP contribution in [0.15, 0.2) is 34.5 Å². The van der Waals surface area contributed by atoms with Crippen molar-refractivity contribution in [3.8, 4) is 0 Å². The van der Waals surface area contributed by atoms with Crippen molar-refractivity contribution in [2.75, 3.05) is 31.3 Å². The Morgan fingerprint density at radius 2 is 1.82 bits per heavy atom. The van der Waals surface area contributed by atoms with Gasteiger partial charge >= 0.3 is 0 Å². The summed E-state index contributed by atoms with van der Waals surface area (Å²) in [6, 6.07) is 6.27. The van der Waals surface area contributed by atoms with Gasteiger partial charge in [0.05, 0.1) is 30.3 Å². The Morgan fingerprint density at radius 1 is 1.18 bits per heavy atom. The van der Waals surface area contributed by atoms with Gasteiger partial charge < -0.3 is 14.4 Å². The summed E-state index contributed by atoms with van der Waals surface area (Å²) < 4.78 is 40.8. The molecule has 0 bridgehead atoms. The zero-order valence-electron chi connectivity index (χ0n) is 16.0. The molecule has 1 saturated heterocycles. The molecular weight excluding hydrogens is 402 g/mol. The Kier molecular flexibility index (Phi) is 6.51. The number of aryl methyl sites for hydroxylation is 3. The molecule has 0 saturated carbocycles. The van der Waals surface area contributed by atoms with Crippen LogP contribution in [0.2, 0.25) is 0 Å². The molecule has 0 aliphatic carbocycles. The predicted octanol–water partition coefficient (Wildman–Crippen LogP) is 2.78. The van der Waals surface area contributed by atoms with Gasteiger partial charge in [0.2, 0.25) is 0 Å². The van der Waals surface area contributed by atoms with Crippen LogP contribution in [0, 0.1) is 20.8 Å². The van der Waals surface area contributed by atoms with Crippen LogP contribution in [0.25, 0.3) is 0 Å². The van der Waals surface area contributed by atoms with E-state index in [-0.39, 0.29) is 11.4 Å². The second-order valence-electron chi connectivity index (χ2n) is 6.53. The maximum Gasteiger partial charge on any atom is 0.297 e. The van der Waals surface area contributed by atoms with E-state index in [1.807, 2.05) is 26.2 Å². The third kappa shape index (κ3) is 4.79. The molecule has 28 heavy (non-hydrogen) atoms. The van der Waals surface area contributed by atoms with Crippen LogP contribution in [-0.2, 0) is 28.6 Å². The first-order valence-corrected chi connectivity index (χ1v) is 11.1. The van der Waals surface area contributed by atoms with E-state index < -0.39 is 28.9 Å². The Morgan fingerprint density at radius 3 is 2.39 bits per heavy atom. The quantitative estimate of drug-likeness (QED) is 0.635. The van der Waals surface area contributed by atoms with Gasteiger partial charge in [-0.3, -0.25) is 8.98 Å². The Balaban J connectivity index is 1.76. The van der Waals surface area contributed by atoms with Crippen LogP contribution < -0.4 is 4.90 Å². The number of hydrogen-bond acceptors (Lipinski definition) is 7. The zero-order chi connectivity index (χ0) is 20.3. The number of ether oxygens (including phenoxy) is 2. The van der Waals surface area contributed by atoms with E-state index in [4.69, 9.17) is 13.7 Å². The lowest BCUT2D eigenvalue weighted by Gasteiger charge is -2.26. The molecule has 2 heterocycles. The number of nitrogens with zero attached hydrogens (tertiary/aromatic N) is 1. The number of thiophene rings is 1. The monoisotopic (exact) mass is 425 g/mol. The molecule has 1 amide bonds. The Labute approximate surface area is 169 Å². The van der Waals surface area contributed by atoms with E-state index in [0.717, 1.165) is 21.7 Å². The molecule has 0 atom stereocenters. The maximum absolute atomic E-state index is 12.9. The van der Waals surface area contributed by atoms with Gasteiger partial charge in [-0.2, -0.15) is 8.42 Å². The van der Waals surface area contributed by atoms with Gasteiger partial charge in [0.1, 0.15) is 6.61 Å². The highest BCUT2D eigenvalue weighted by atomic mass is 32.2. The number of benzene rings is 1. The second kappa shape index (κ2) is 8.71. The van der Waals surface area contributed by atoms with Gasteiger partial charge in [0.25, 0.3) is 16.0 Å². The normalized spacial score (nSPS) is 15.1. The second-order valence-corrected chi connectivity index (χ2v) is 9.23. The van der Waals surface area contributed by atoms with Crippen LogP contribution in [0.3, 0.4) is 0 Å². The fourth-order valence-corrected chi connectivity index (χ4v) is 4.64. The van der Waals surface area contributed by atoms with Gasteiger partial charge in [-0.25, -0.2) is 0 Å². The van der Waals surface area contributed by atoms with Gasteiger partial charge in [-0.15, -0.1) is 11.3 Å². The van der Waals surface area contributed by atoms with Crippen LogP contribution in [0.1, 0.15) is 16.0 Å². The van der Waals surface area contributed by atoms with Crippen LogP contribution in [0.5, 0.6) is 0 Å². The molecular formula is C19H23NO6S2. The minimum atomic E-state index is -4.03. The average molecular weight is 426 g/mol. The number of carbonyl (C=O) groups excluding carboxylic acids is 1. The summed E-state index contributed by atoms with van der Waals surface area (Å²) in [5.41, 5.74) is 2.60. The first-order valence-electron chi connectivity index (χ1n) is 8.82. The van der Waals surface area contributed by atoms with E-state index in [1.165, 1.54) is 28.4 Å². The van der Waals surface area contributed by atoms with Crippen molar-refractivity contribution in [3.63, 3.8) is 0 Å². The van der Waals surface area contributed by atoms with Crippen molar-refractivity contribution < 1.29 is 26.9 Å². The smallest absolute Gasteiger partial charge is 0.297 e. The number of amides is 1. The van der Waals surface area contributed by atoms with Crippen molar-refractivity contribution in [3.05, 3.63) is 45.6 Å². The Bertz CT molecular complexity index is 910.